The average molecular weight is 185 g/mol. The van der Waals surface area contributed by atoms with Gasteiger partial charge in [0.1, 0.15) is 5.54 Å². The van der Waals surface area contributed by atoms with E-state index >= 15 is 0 Å². The minimum Gasteiger partial charge on any atom is -0.480 e. The molecule has 0 bridgehead atoms. The summed E-state index contributed by atoms with van der Waals surface area (Å²) in [4.78, 5) is 10.9. The molecule has 1 rings (SSSR count). The second-order valence-electron chi connectivity index (χ2n) is 4.14. The lowest BCUT2D eigenvalue weighted by atomic mass is 9.76. The van der Waals surface area contributed by atoms with Crippen LogP contribution in [0.25, 0.3) is 0 Å². The number of carbonyl (C=O) groups is 1. The molecule has 13 heavy (non-hydrogen) atoms. The Morgan fingerprint density at radius 1 is 1.62 bits per heavy atom. The summed E-state index contributed by atoms with van der Waals surface area (Å²) in [5, 5.41) is 12.2. The highest BCUT2D eigenvalue weighted by Crippen LogP contribution is 2.32. The summed E-state index contributed by atoms with van der Waals surface area (Å²) in [6, 6.07) is 0. The molecule has 1 unspecified atom stereocenters. The van der Waals surface area contributed by atoms with Crippen LogP contribution < -0.4 is 5.32 Å². The number of aliphatic carboxylic acids is 1. The lowest BCUT2D eigenvalue weighted by molar-refractivity contribution is -0.148. The van der Waals surface area contributed by atoms with Crippen LogP contribution in [-0.4, -0.2) is 23.2 Å². The molecule has 0 aromatic heterocycles. The third-order valence-electron chi connectivity index (χ3n) is 3.10. The molecule has 0 aromatic carbocycles. The molecule has 0 aromatic rings. The maximum atomic E-state index is 10.9. The van der Waals surface area contributed by atoms with Gasteiger partial charge in [0.05, 0.1) is 0 Å². The molecule has 1 fully saturated rings. The van der Waals surface area contributed by atoms with Crippen molar-refractivity contribution in [2.24, 2.45) is 5.92 Å². The number of carboxylic acid groups (broad SMARTS) is 1. The maximum Gasteiger partial charge on any atom is 0.323 e. The van der Waals surface area contributed by atoms with Crippen molar-refractivity contribution in [2.75, 3.05) is 6.54 Å². The molecule has 0 amide bonds. The molecule has 3 nitrogen and oxygen atoms in total. The van der Waals surface area contributed by atoms with Crippen LogP contribution in [0.4, 0.5) is 0 Å². The molecule has 0 saturated heterocycles. The minimum atomic E-state index is -0.679. The molecular formula is C10H19NO2. The zero-order valence-electron chi connectivity index (χ0n) is 8.47. The Hall–Kier alpha value is -0.570. The van der Waals surface area contributed by atoms with Crippen molar-refractivity contribution in [3.05, 3.63) is 0 Å². The lowest BCUT2D eigenvalue weighted by Crippen LogP contribution is -2.58. The van der Waals surface area contributed by atoms with Gasteiger partial charge < -0.3 is 10.4 Å². The Balaban J connectivity index is 2.36. The fraction of sp³-hybridized carbons (Fsp3) is 0.900. The summed E-state index contributed by atoms with van der Waals surface area (Å²) < 4.78 is 0. The quantitative estimate of drug-likeness (QED) is 0.684. The summed E-state index contributed by atoms with van der Waals surface area (Å²) in [6.45, 7) is 5.09. The third kappa shape index (κ3) is 2.21. The first kappa shape index (κ1) is 10.5. The molecule has 1 saturated carbocycles. The second kappa shape index (κ2) is 4.09. The van der Waals surface area contributed by atoms with Gasteiger partial charge in [-0.25, -0.2) is 0 Å². The van der Waals surface area contributed by atoms with Gasteiger partial charge in [-0.2, -0.15) is 0 Å². The predicted octanol–water partition coefficient (Wildman–Crippen LogP) is 1.63. The fourth-order valence-electron chi connectivity index (χ4n) is 1.51. The summed E-state index contributed by atoms with van der Waals surface area (Å²) in [5.74, 6) is -0.112. The first-order chi connectivity index (χ1) is 6.10. The van der Waals surface area contributed by atoms with E-state index in [1.54, 1.807) is 0 Å². The smallest absolute Gasteiger partial charge is 0.323 e. The van der Waals surface area contributed by atoms with Gasteiger partial charge in [-0.15, -0.1) is 0 Å². The molecule has 0 radical (unpaired) electrons. The first-order valence-corrected chi connectivity index (χ1v) is 5.09. The van der Waals surface area contributed by atoms with Crippen molar-refractivity contribution in [2.45, 2.75) is 45.1 Å². The van der Waals surface area contributed by atoms with E-state index in [0.717, 1.165) is 32.2 Å². The lowest BCUT2D eigenvalue weighted by Gasteiger charge is -2.39. The Labute approximate surface area is 79.5 Å². The second-order valence-corrected chi connectivity index (χ2v) is 4.14. The van der Waals surface area contributed by atoms with E-state index in [0.29, 0.717) is 5.92 Å². The zero-order valence-corrected chi connectivity index (χ0v) is 8.47. The van der Waals surface area contributed by atoms with Gasteiger partial charge in [-0.05, 0) is 31.7 Å². The van der Waals surface area contributed by atoms with Gasteiger partial charge in [-0.1, -0.05) is 20.3 Å². The van der Waals surface area contributed by atoms with E-state index in [1.807, 2.05) is 0 Å². The minimum absolute atomic E-state index is 0.567. The van der Waals surface area contributed by atoms with Crippen LogP contribution in [0.3, 0.4) is 0 Å². The van der Waals surface area contributed by atoms with Gasteiger partial charge in [-0.3, -0.25) is 4.79 Å². The van der Waals surface area contributed by atoms with Gasteiger partial charge in [0.15, 0.2) is 0 Å². The highest BCUT2D eigenvalue weighted by atomic mass is 16.4. The van der Waals surface area contributed by atoms with Crippen LogP contribution >= 0.6 is 0 Å². The van der Waals surface area contributed by atoms with Crippen LogP contribution in [-0.2, 0) is 4.79 Å². The number of hydrogen-bond acceptors (Lipinski definition) is 2. The van der Waals surface area contributed by atoms with E-state index in [9.17, 15) is 4.79 Å². The van der Waals surface area contributed by atoms with E-state index in [4.69, 9.17) is 5.11 Å². The van der Waals surface area contributed by atoms with Crippen molar-refractivity contribution in [3.63, 3.8) is 0 Å². The molecule has 0 spiro atoms. The molecular weight excluding hydrogens is 166 g/mol. The van der Waals surface area contributed by atoms with Gasteiger partial charge in [0.25, 0.3) is 0 Å². The Bertz CT molecular complexity index is 187. The largest absolute Gasteiger partial charge is 0.480 e. The maximum absolute atomic E-state index is 10.9. The Kier molecular flexibility index (Phi) is 3.31. The van der Waals surface area contributed by atoms with Crippen LogP contribution in [0.15, 0.2) is 0 Å². The van der Waals surface area contributed by atoms with E-state index in [-0.39, 0.29) is 0 Å². The topological polar surface area (TPSA) is 49.3 Å². The van der Waals surface area contributed by atoms with Crippen LogP contribution in [0.2, 0.25) is 0 Å². The summed E-state index contributed by atoms with van der Waals surface area (Å²) >= 11 is 0. The zero-order chi connectivity index (χ0) is 9.90. The Morgan fingerprint density at radius 3 is 2.54 bits per heavy atom. The van der Waals surface area contributed by atoms with Crippen molar-refractivity contribution >= 4 is 5.97 Å². The SMILES string of the molecule is CCC(C)CNC1(C(=O)O)CCC1. The molecule has 1 atom stereocenters. The normalized spacial score (nSPS) is 22.0. The van der Waals surface area contributed by atoms with Crippen molar-refractivity contribution in [3.8, 4) is 0 Å². The third-order valence-corrected chi connectivity index (χ3v) is 3.10. The molecule has 1 aliphatic carbocycles. The first-order valence-electron chi connectivity index (χ1n) is 5.09. The number of carboxylic acids is 1. The van der Waals surface area contributed by atoms with Gasteiger partial charge >= 0.3 is 5.97 Å². The van der Waals surface area contributed by atoms with Crippen molar-refractivity contribution in [1.29, 1.82) is 0 Å². The molecule has 0 heterocycles. The molecule has 2 N–H and O–H groups in total. The van der Waals surface area contributed by atoms with E-state index in [1.165, 1.54) is 0 Å². The summed E-state index contributed by atoms with van der Waals surface area (Å²) in [7, 11) is 0. The summed E-state index contributed by atoms with van der Waals surface area (Å²) in [5.41, 5.74) is -0.580. The van der Waals surface area contributed by atoms with E-state index in [2.05, 4.69) is 19.2 Å². The standard InChI is InChI=1S/C10H19NO2/c1-3-8(2)7-11-10(9(12)13)5-4-6-10/h8,11H,3-7H2,1-2H3,(H,12,13). The van der Waals surface area contributed by atoms with Gasteiger partial charge in [0.2, 0.25) is 0 Å². The summed E-state index contributed by atoms with van der Waals surface area (Å²) in [6.07, 6.45) is 3.72. The van der Waals surface area contributed by atoms with E-state index < -0.39 is 11.5 Å². The number of hydrogen-bond donors (Lipinski definition) is 2. The predicted molar refractivity (Wildman–Crippen MR) is 51.7 cm³/mol. The highest BCUT2D eigenvalue weighted by Gasteiger charge is 2.43. The number of nitrogens with one attached hydrogen (secondary N) is 1. The Morgan fingerprint density at radius 2 is 2.23 bits per heavy atom. The fourth-order valence-corrected chi connectivity index (χ4v) is 1.51. The molecule has 1 aliphatic rings. The van der Waals surface area contributed by atoms with Crippen LogP contribution in [0, 0.1) is 5.92 Å². The number of rotatable bonds is 5. The molecule has 76 valence electrons. The highest BCUT2D eigenvalue weighted by molar-refractivity contribution is 5.79. The monoisotopic (exact) mass is 185 g/mol. The van der Waals surface area contributed by atoms with Gasteiger partial charge in [0, 0.05) is 0 Å². The molecule has 0 aliphatic heterocycles. The van der Waals surface area contributed by atoms with Crippen molar-refractivity contribution < 1.29 is 9.90 Å². The van der Waals surface area contributed by atoms with Crippen molar-refractivity contribution in [1.82, 2.24) is 5.32 Å². The average Bonchev–Trinajstić information content (AvgIpc) is 2.01. The van der Waals surface area contributed by atoms with Crippen LogP contribution in [0.5, 0.6) is 0 Å². The van der Waals surface area contributed by atoms with Crippen LogP contribution in [0.1, 0.15) is 39.5 Å². The molecule has 3 heteroatoms.